The summed E-state index contributed by atoms with van der Waals surface area (Å²) in [5.74, 6) is -0.583. The Balaban J connectivity index is 1.62. The fourth-order valence-corrected chi connectivity index (χ4v) is 5.40. The zero-order chi connectivity index (χ0) is 22.9. The van der Waals surface area contributed by atoms with E-state index in [4.69, 9.17) is 0 Å². The molecule has 3 aromatic rings. The molecule has 0 saturated carbocycles. The number of piperidine rings is 1. The molecule has 8 nitrogen and oxygen atoms in total. The van der Waals surface area contributed by atoms with E-state index >= 15 is 0 Å². The average molecular weight is 455 g/mol. The Morgan fingerprint density at radius 2 is 1.84 bits per heavy atom. The fraction of sp³-hybridized carbons (Fsp3) is 0.348. The second-order valence-corrected chi connectivity index (χ2v) is 10.2. The van der Waals surface area contributed by atoms with Crippen LogP contribution >= 0.6 is 0 Å². The number of carbonyl (C=O) groups excluding carboxylic acids is 1. The van der Waals surface area contributed by atoms with Gasteiger partial charge in [-0.15, -0.1) is 10.2 Å². The summed E-state index contributed by atoms with van der Waals surface area (Å²) in [6.45, 7) is 5.09. The van der Waals surface area contributed by atoms with Crippen LogP contribution in [0.15, 0.2) is 57.6 Å². The van der Waals surface area contributed by atoms with Gasteiger partial charge in [0.2, 0.25) is 15.9 Å². The third kappa shape index (κ3) is 4.31. The number of rotatable bonds is 5. The Kier molecular flexibility index (Phi) is 6.12. The van der Waals surface area contributed by atoms with E-state index in [1.807, 2.05) is 18.2 Å². The molecule has 9 heteroatoms. The standard InChI is InChI=1S/C23H26N4O4S/c1-15(2)16-9-10-20-19(14-16)21(23(29)24-20)25-26-22(28)17-7-6-8-18(13-17)32(30,31)27-11-4-3-5-12-27/h6-10,13-15,24,29H,3-5,11-12H2,1-2H3. The summed E-state index contributed by atoms with van der Waals surface area (Å²) >= 11 is 0. The van der Waals surface area contributed by atoms with E-state index in [-0.39, 0.29) is 27.9 Å². The number of fused-ring (bicyclic) bond motifs is 1. The number of carbonyl (C=O) groups is 1. The van der Waals surface area contributed by atoms with E-state index in [0.29, 0.717) is 24.0 Å². The number of azo groups is 1. The van der Waals surface area contributed by atoms with E-state index in [1.54, 1.807) is 0 Å². The normalized spacial score (nSPS) is 15.7. The summed E-state index contributed by atoms with van der Waals surface area (Å²) < 4.78 is 27.3. The zero-order valence-corrected chi connectivity index (χ0v) is 18.9. The van der Waals surface area contributed by atoms with Gasteiger partial charge in [0.05, 0.1) is 10.4 Å². The van der Waals surface area contributed by atoms with Crippen molar-refractivity contribution < 1.29 is 18.3 Å². The van der Waals surface area contributed by atoms with Gasteiger partial charge in [-0.25, -0.2) is 8.42 Å². The monoisotopic (exact) mass is 454 g/mol. The minimum atomic E-state index is -3.66. The molecule has 1 aliphatic rings. The molecule has 4 rings (SSSR count). The van der Waals surface area contributed by atoms with E-state index < -0.39 is 15.9 Å². The smallest absolute Gasteiger partial charge is 0.295 e. The highest BCUT2D eigenvalue weighted by atomic mass is 32.2. The molecule has 0 radical (unpaired) electrons. The summed E-state index contributed by atoms with van der Waals surface area (Å²) in [5.41, 5.74) is 2.04. The number of nitrogens with zero attached hydrogens (tertiary/aromatic N) is 3. The van der Waals surface area contributed by atoms with Gasteiger partial charge in [-0.05, 0) is 54.7 Å². The number of nitrogens with one attached hydrogen (secondary N) is 1. The van der Waals surface area contributed by atoms with Crippen LogP contribution in [0.25, 0.3) is 10.9 Å². The second-order valence-electron chi connectivity index (χ2n) is 8.28. The predicted octanol–water partition coefficient (Wildman–Crippen LogP) is 5.10. The lowest BCUT2D eigenvalue weighted by Crippen LogP contribution is -2.35. The van der Waals surface area contributed by atoms with Crippen molar-refractivity contribution in [1.29, 1.82) is 0 Å². The van der Waals surface area contributed by atoms with Crippen LogP contribution in [0.3, 0.4) is 0 Å². The summed E-state index contributed by atoms with van der Waals surface area (Å²) in [6.07, 6.45) is 2.68. The highest BCUT2D eigenvalue weighted by Gasteiger charge is 2.26. The molecule has 2 aromatic carbocycles. The van der Waals surface area contributed by atoms with Crippen molar-refractivity contribution in [1.82, 2.24) is 9.29 Å². The van der Waals surface area contributed by atoms with Gasteiger partial charge in [0.15, 0.2) is 5.69 Å². The van der Waals surface area contributed by atoms with Crippen LogP contribution in [0, 0.1) is 0 Å². The van der Waals surface area contributed by atoms with Gasteiger partial charge < -0.3 is 10.1 Å². The van der Waals surface area contributed by atoms with Crippen molar-refractivity contribution in [2.45, 2.75) is 43.9 Å². The predicted molar refractivity (Wildman–Crippen MR) is 122 cm³/mol. The highest BCUT2D eigenvalue weighted by Crippen LogP contribution is 2.37. The molecule has 1 saturated heterocycles. The van der Waals surface area contributed by atoms with Crippen LogP contribution < -0.4 is 0 Å². The number of aromatic nitrogens is 1. The fourth-order valence-electron chi connectivity index (χ4n) is 3.84. The van der Waals surface area contributed by atoms with Crippen LogP contribution in [-0.2, 0) is 10.0 Å². The first-order chi connectivity index (χ1) is 15.3. The quantitative estimate of drug-likeness (QED) is 0.522. The molecule has 1 aliphatic heterocycles. The lowest BCUT2D eigenvalue weighted by Gasteiger charge is -2.25. The van der Waals surface area contributed by atoms with Crippen molar-refractivity contribution in [3.63, 3.8) is 0 Å². The molecule has 1 amide bonds. The first kappa shape index (κ1) is 22.2. The van der Waals surface area contributed by atoms with E-state index in [0.717, 1.165) is 24.8 Å². The van der Waals surface area contributed by atoms with Crippen molar-refractivity contribution in [2.24, 2.45) is 10.2 Å². The Morgan fingerprint density at radius 1 is 1.09 bits per heavy atom. The molecular weight excluding hydrogens is 428 g/mol. The van der Waals surface area contributed by atoms with Gasteiger partial charge in [-0.3, -0.25) is 4.79 Å². The van der Waals surface area contributed by atoms with Crippen LogP contribution in [0.1, 0.15) is 54.9 Å². The van der Waals surface area contributed by atoms with E-state index in [9.17, 15) is 18.3 Å². The number of H-pyrrole nitrogens is 1. The number of aromatic amines is 1. The maximum atomic E-state index is 12.9. The number of hydrogen-bond donors (Lipinski definition) is 2. The zero-order valence-electron chi connectivity index (χ0n) is 18.1. The van der Waals surface area contributed by atoms with Crippen LogP contribution in [-0.4, -0.2) is 41.8 Å². The highest BCUT2D eigenvalue weighted by molar-refractivity contribution is 7.89. The molecule has 0 spiro atoms. The molecule has 1 aromatic heterocycles. The topological polar surface area (TPSA) is 115 Å². The first-order valence-electron chi connectivity index (χ1n) is 10.7. The third-order valence-electron chi connectivity index (χ3n) is 5.72. The number of hydrogen-bond acceptors (Lipinski definition) is 5. The molecule has 2 N–H and O–H groups in total. The van der Waals surface area contributed by atoms with Crippen molar-refractivity contribution in [3.8, 4) is 5.88 Å². The van der Waals surface area contributed by atoms with Crippen molar-refractivity contribution >= 4 is 32.5 Å². The van der Waals surface area contributed by atoms with Crippen molar-refractivity contribution in [2.75, 3.05) is 13.1 Å². The van der Waals surface area contributed by atoms with Crippen LogP contribution in [0.4, 0.5) is 5.69 Å². The Hall–Kier alpha value is -3.04. The molecule has 0 aliphatic carbocycles. The third-order valence-corrected chi connectivity index (χ3v) is 7.61. The van der Waals surface area contributed by atoms with Crippen LogP contribution in [0.5, 0.6) is 5.88 Å². The summed E-state index contributed by atoms with van der Waals surface area (Å²) in [7, 11) is -3.66. The van der Waals surface area contributed by atoms with Gasteiger partial charge in [0.1, 0.15) is 0 Å². The Labute approximate surface area is 187 Å². The Morgan fingerprint density at radius 3 is 2.56 bits per heavy atom. The average Bonchev–Trinajstić information content (AvgIpc) is 3.12. The van der Waals surface area contributed by atoms with Gasteiger partial charge in [0.25, 0.3) is 5.91 Å². The van der Waals surface area contributed by atoms with Gasteiger partial charge in [-0.1, -0.05) is 32.4 Å². The maximum Gasteiger partial charge on any atom is 0.295 e. The largest absolute Gasteiger partial charge is 0.493 e. The van der Waals surface area contributed by atoms with Crippen LogP contribution in [0.2, 0.25) is 0 Å². The van der Waals surface area contributed by atoms with Gasteiger partial charge in [-0.2, -0.15) is 4.31 Å². The molecule has 0 atom stereocenters. The maximum absolute atomic E-state index is 12.9. The number of sulfonamides is 1. The number of aromatic hydroxyl groups is 1. The second kappa shape index (κ2) is 8.84. The minimum absolute atomic E-state index is 0.0666. The molecule has 0 bridgehead atoms. The molecular formula is C23H26N4O4S. The first-order valence-corrected chi connectivity index (χ1v) is 12.1. The molecule has 168 valence electrons. The number of benzene rings is 2. The summed E-state index contributed by atoms with van der Waals surface area (Å²) in [4.78, 5) is 15.6. The summed E-state index contributed by atoms with van der Waals surface area (Å²) in [5, 5.41) is 18.6. The molecule has 32 heavy (non-hydrogen) atoms. The summed E-state index contributed by atoms with van der Waals surface area (Å²) in [6, 6.07) is 11.6. The van der Waals surface area contributed by atoms with Gasteiger partial charge >= 0.3 is 0 Å². The Bertz CT molecular complexity index is 1290. The molecule has 2 heterocycles. The molecule has 1 fully saturated rings. The molecule has 0 unspecified atom stereocenters. The SMILES string of the molecule is CC(C)c1ccc2[nH]c(O)c(N=NC(=O)c3cccc(S(=O)(=O)N4CCCCC4)c3)c2c1. The van der Waals surface area contributed by atoms with Gasteiger partial charge in [0, 0.05) is 24.0 Å². The van der Waals surface area contributed by atoms with E-state index in [2.05, 4.69) is 29.1 Å². The number of amides is 1. The van der Waals surface area contributed by atoms with Crippen molar-refractivity contribution in [3.05, 3.63) is 53.6 Å². The lowest BCUT2D eigenvalue weighted by atomic mass is 10.0. The minimum Gasteiger partial charge on any atom is -0.493 e. The van der Waals surface area contributed by atoms with E-state index in [1.165, 1.54) is 28.6 Å². The lowest BCUT2D eigenvalue weighted by molar-refractivity contribution is 0.0995.